The molecule has 0 saturated heterocycles. The average molecular weight is 262 g/mol. The van der Waals surface area contributed by atoms with Gasteiger partial charge in [0.1, 0.15) is 10.2 Å². The fourth-order valence-corrected chi connectivity index (χ4v) is 1.92. The van der Waals surface area contributed by atoms with Crippen molar-refractivity contribution in [3.63, 3.8) is 0 Å². The highest BCUT2D eigenvalue weighted by atomic mass is 35.5. The molecule has 7 heteroatoms. The number of carbonyl (C=O) groups is 2. The highest BCUT2D eigenvalue weighted by Gasteiger charge is 2.14. The molecule has 1 aromatic rings. The van der Waals surface area contributed by atoms with Gasteiger partial charge in [0.2, 0.25) is 0 Å². The number of methoxy groups -OCH3 is 1. The maximum Gasteiger partial charge on any atom is 0.338 e. The van der Waals surface area contributed by atoms with Crippen LogP contribution in [0.5, 0.6) is 0 Å². The van der Waals surface area contributed by atoms with Crippen LogP contribution < -0.4 is 0 Å². The number of rotatable bonds is 4. The number of aromatic carboxylic acids is 1. The summed E-state index contributed by atoms with van der Waals surface area (Å²) < 4.78 is 4.43. The second-order valence-corrected chi connectivity index (χ2v) is 4.01. The lowest BCUT2D eigenvalue weighted by Gasteiger charge is -2.04. The molecular formula is C9H8ClNO4S. The van der Waals surface area contributed by atoms with E-state index in [0.29, 0.717) is 0 Å². The van der Waals surface area contributed by atoms with E-state index in [1.54, 1.807) is 0 Å². The van der Waals surface area contributed by atoms with Gasteiger partial charge in [0.15, 0.2) is 0 Å². The summed E-state index contributed by atoms with van der Waals surface area (Å²) in [4.78, 5) is 25.6. The van der Waals surface area contributed by atoms with E-state index in [-0.39, 0.29) is 21.5 Å². The fraction of sp³-hybridized carbons (Fsp3) is 0.222. The number of carboxylic acids is 1. The van der Waals surface area contributed by atoms with Crippen LogP contribution in [0, 0.1) is 0 Å². The van der Waals surface area contributed by atoms with Gasteiger partial charge in [0.25, 0.3) is 0 Å². The van der Waals surface area contributed by atoms with E-state index in [1.165, 1.54) is 19.2 Å². The van der Waals surface area contributed by atoms with Gasteiger partial charge in [-0.15, -0.1) is 0 Å². The van der Waals surface area contributed by atoms with Crippen molar-refractivity contribution in [1.82, 2.24) is 4.98 Å². The van der Waals surface area contributed by atoms with E-state index in [0.717, 1.165) is 11.8 Å². The number of esters is 1. The Morgan fingerprint density at radius 2 is 2.25 bits per heavy atom. The predicted molar refractivity (Wildman–Crippen MR) is 58.9 cm³/mol. The van der Waals surface area contributed by atoms with E-state index in [4.69, 9.17) is 16.7 Å². The maximum absolute atomic E-state index is 10.9. The van der Waals surface area contributed by atoms with Crippen molar-refractivity contribution in [2.24, 2.45) is 0 Å². The summed E-state index contributed by atoms with van der Waals surface area (Å²) in [5.74, 6) is -1.58. The normalized spacial score (nSPS) is 9.88. The third-order valence-corrected chi connectivity index (χ3v) is 2.79. The minimum atomic E-state index is -1.11. The van der Waals surface area contributed by atoms with Crippen LogP contribution in [0.25, 0.3) is 0 Å². The third-order valence-electron chi connectivity index (χ3n) is 1.61. The van der Waals surface area contributed by atoms with E-state index < -0.39 is 11.9 Å². The first-order valence-electron chi connectivity index (χ1n) is 4.14. The van der Waals surface area contributed by atoms with Crippen molar-refractivity contribution in [3.8, 4) is 0 Å². The summed E-state index contributed by atoms with van der Waals surface area (Å²) in [6.07, 6.45) is 0. The van der Waals surface area contributed by atoms with Gasteiger partial charge in [-0.05, 0) is 12.1 Å². The second-order valence-electron chi connectivity index (χ2n) is 2.66. The van der Waals surface area contributed by atoms with E-state index >= 15 is 0 Å². The van der Waals surface area contributed by atoms with Gasteiger partial charge in [0, 0.05) is 0 Å². The summed E-state index contributed by atoms with van der Waals surface area (Å²) in [7, 11) is 1.26. The number of hydrogen-bond acceptors (Lipinski definition) is 5. The van der Waals surface area contributed by atoms with Crippen LogP contribution in [0.15, 0.2) is 17.2 Å². The van der Waals surface area contributed by atoms with Crippen molar-refractivity contribution in [2.45, 2.75) is 5.03 Å². The molecule has 0 aliphatic heterocycles. The number of carbonyl (C=O) groups excluding carboxylic acids is 1. The van der Waals surface area contributed by atoms with Crippen molar-refractivity contribution < 1.29 is 19.4 Å². The molecule has 1 N–H and O–H groups in total. The van der Waals surface area contributed by atoms with Crippen LogP contribution in [0.3, 0.4) is 0 Å². The molecule has 0 aromatic carbocycles. The Balaban J connectivity index is 2.88. The van der Waals surface area contributed by atoms with Crippen molar-refractivity contribution in [3.05, 3.63) is 22.8 Å². The van der Waals surface area contributed by atoms with Crippen LogP contribution in [0.2, 0.25) is 5.15 Å². The maximum atomic E-state index is 10.9. The molecule has 0 aliphatic rings. The quantitative estimate of drug-likeness (QED) is 0.505. The largest absolute Gasteiger partial charge is 0.478 e. The molecule has 5 nitrogen and oxygen atoms in total. The van der Waals surface area contributed by atoms with E-state index in [9.17, 15) is 9.59 Å². The lowest BCUT2D eigenvalue weighted by molar-refractivity contribution is -0.137. The van der Waals surface area contributed by atoms with Gasteiger partial charge in [-0.2, -0.15) is 0 Å². The molecule has 1 rings (SSSR count). The highest BCUT2D eigenvalue weighted by Crippen LogP contribution is 2.22. The molecule has 0 fully saturated rings. The zero-order valence-electron chi connectivity index (χ0n) is 8.27. The van der Waals surface area contributed by atoms with Gasteiger partial charge in [0.05, 0.1) is 18.4 Å². The molecule has 0 aliphatic carbocycles. The number of hydrogen-bond donors (Lipinski definition) is 1. The summed E-state index contributed by atoms with van der Waals surface area (Å²) in [5, 5.41) is 9.24. The number of pyridine rings is 1. The summed E-state index contributed by atoms with van der Waals surface area (Å²) in [5.41, 5.74) is 0.0123. The van der Waals surface area contributed by atoms with Crippen molar-refractivity contribution in [1.29, 1.82) is 0 Å². The molecular weight excluding hydrogens is 254 g/mol. The predicted octanol–water partition coefficient (Wildman–Crippen LogP) is 1.70. The summed E-state index contributed by atoms with van der Waals surface area (Å²) in [6.45, 7) is 0. The third kappa shape index (κ3) is 3.39. The van der Waals surface area contributed by atoms with Crippen LogP contribution in [0.4, 0.5) is 0 Å². The number of aromatic nitrogens is 1. The number of carboxylic acid groups (broad SMARTS) is 1. The topological polar surface area (TPSA) is 76.5 Å². The first-order chi connectivity index (χ1) is 7.54. The Morgan fingerprint density at radius 1 is 1.56 bits per heavy atom. The smallest absolute Gasteiger partial charge is 0.338 e. The van der Waals surface area contributed by atoms with Crippen LogP contribution in [-0.4, -0.2) is 34.9 Å². The number of ether oxygens (including phenoxy) is 1. The monoisotopic (exact) mass is 261 g/mol. The Labute approximate surface area is 101 Å². The molecule has 86 valence electrons. The minimum absolute atomic E-state index is 0.00980. The fourth-order valence-electron chi connectivity index (χ4n) is 0.877. The molecule has 0 unspecified atom stereocenters. The van der Waals surface area contributed by atoms with Crippen molar-refractivity contribution >= 4 is 35.3 Å². The molecule has 1 heterocycles. The van der Waals surface area contributed by atoms with Crippen LogP contribution >= 0.6 is 23.4 Å². The van der Waals surface area contributed by atoms with Gasteiger partial charge in [-0.3, -0.25) is 4.79 Å². The lowest BCUT2D eigenvalue weighted by atomic mass is 10.3. The molecule has 16 heavy (non-hydrogen) atoms. The Kier molecular flexibility index (Phi) is 4.57. The average Bonchev–Trinajstić information content (AvgIpc) is 2.25. The molecule has 0 atom stereocenters. The van der Waals surface area contributed by atoms with Crippen molar-refractivity contribution in [2.75, 3.05) is 12.9 Å². The molecule has 0 amide bonds. The zero-order chi connectivity index (χ0) is 12.1. The standard InChI is InChI=1S/C9H8ClNO4S/c1-15-7(12)4-16-8-5(9(13)14)2-3-6(10)11-8/h2-3H,4H2,1H3,(H,13,14). The first-order valence-corrected chi connectivity index (χ1v) is 5.50. The van der Waals surface area contributed by atoms with Gasteiger partial charge in [-0.25, -0.2) is 9.78 Å². The summed E-state index contributed by atoms with van der Waals surface area (Å²) in [6, 6.07) is 2.73. The Bertz CT molecular complexity index is 424. The lowest BCUT2D eigenvalue weighted by Crippen LogP contribution is -2.06. The SMILES string of the molecule is COC(=O)CSc1nc(Cl)ccc1C(=O)O. The highest BCUT2D eigenvalue weighted by molar-refractivity contribution is 8.00. The number of thioether (sulfide) groups is 1. The minimum Gasteiger partial charge on any atom is -0.478 e. The van der Waals surface area contributed by atoms with E-state index in [2.05, 4.69) is 9.72 Å². The molecule has 0 radical (unpaired) electrons. The number of nitrogens with zero attached hydrogens (tertiary/aromatic N) is 1. The second kappa shape index (κ2) is 5.72. The number of halogens is 1. The molecule has 0 saturated carbocycles. The van der Waals surface area contributed by atoms with Crippen LogP contribution in [-0.2, 0) is 9.53 Å². The Morgan fingerprint density at radius 3 is 2.81 bits per heavy atom. The first kappa shape index (κ1) is 12.8. The summed E-state index contributed by atoms with van der Waals surface area (Å²) >= 11 is 6.61. The zero-order valence-corrected chi connectivity index (χ0v) is 9.84. The Hall–Kier alpha value is -1.27. The van der Waals surface area contributed by atoms with E-state index in [1.807, 2.05) is 0 Å². The molecule has 1 aromatic heterocycles. The van der Waals surface area contributed by atoms with Crippen LogP contribution in [0.1, 0.15) is 10.4 Å². The van der Waals surface area contributed by atoms with Gasteiger partial charge in [-0.1, -0.05) is 23.4 Å². The van der Waals surface area contributed by atoms with Gasteiger partial charge < -0.3 is 9.84 Å². The van der Waals surface area contributed by atoms with Gasteiger partial charge >= 0.3 is 11.9 Å². The molecule has 0 bridgehead atoms. The molecule has 0 spiro atoms.